The van der Waals surface area contributed by atoms with Crippen LogP contribution in [0.5, 0.6) is 11.6 Å². The van der Waals surface area contributed by atoms with Crippen molar-refractivity contribution in [3.63, 3.8) is 0 Å². The van der Waals surface area contributed by atoms with Crippen LogP contribution in [0, 0.1) is 0 Å². The third-order valence-corrected chi connectivity index (χ3v) is 3.47. The fourth-order valence-electron chi connectivity index (χ4n) is 2.33. The quantitative estimate of drug-likeness (QED) is 0.704. The number of hydrogen-bond donors (Lipinski definition) is 1. The number of ketones is 1. The molecule has 24 heavy (non-hydrogen) atoms. The number of rotatable bonds is 5. The Morgan fingerprint density at radius 2 is 1.96 bits per heavy atom. The predicted molar refractivity (Wildman–Crippen MR) is 94.8 cm³/mol. The summed E-state index contributed by atoms with van der Waals surface area (Å²) in [7, 11) is 0. The zero-order valence-corrected chi connectivity index (χ0v) is 13.9. The third kappa shape index (κ3) is 3.68. The molecule has 2 aromatic heterocycles. The van der Waals surface area contributed by atoms with Gasteiger partial charge in [0.05, 0.1) is 11.7 Å². The van der Waals surface area contributed by atoms with Gasteiger partial charge in [0, 0.05) is 23.1 Å². The molecule has 122 valence electrons. The highest BCUT2D eigenvalue weighted by Gasteiger charge is 2.05. The van der Waals surface area contributed by atoms with Crippen molar-refractivity contribution in [1.29, 1.82) is 0 Å². The second-order valence-corrected chi connectivity index (χ2v) is 5.89. The Kier molecular flexibility index (Phi) is 4.42. The van der Waals surface area contributed by atoms with E-state index in [2.05, 4.69) is 29.1 Å². The maximum absolute atomic E-state index is 11.4. The van der Waals surface area contributed by atoms with E-state index in [9.17, 15) is 4.79 Å². The normalized spacial score (nSPS) is 10.8. The molecular weight excluding hydrogens is 302 g/mol. The first-order chi connectivity index (χ1) is 11.5. The Morgan fingerprint density at radius 1 is 1.12 bits per heavy atom. The van der Waals surface area contributed by atoms with Crippen LogP contribution >= 0.6 is 0 Å². The highest BCUT2D eigenvalue weighted by atomic mass is 16.5. The fourth-order valence-corrected chi connectivity index (χ4v) is 2.33. The van der Waals surface area contributed by atoms with Gasteiger partial charge in [-0.25, -0.2) is 9.97 Å². The molecule has 3 aromatic rings. The van der Waals surface area contributed by atoms with E-state index in [4.69, 9.17) is 4.74 Å². The van der Waals surface area contributed by atoms with Crippen LogP contribution in [0.1, 0.15) is 31.1 Å². The molecule has 5 nitrogen and oxygen atoms in total. The molecule has 2 heterocycles. The molecular formula is C19H19N3O2. The standard InChI is InChI=1S/C19H19N3O2/c1-12(2)21-18-8-6-16(11-20-18)24-19-9-5-15-10-14(13(3)23)4-7-17(15)22-19/h4-12H,1-3H3,(H,20,21). The van der Waals surface area contributed by atoms with Crippen molar-refractivity contribution in [3.05, 3.63) is 54.2 Å². The molecule has 0 unspecified atom stereocenters. The van der Waals surface area contributed by atoms with Gasteiger partial charge < -0.3 is 10.1 Å². The first-order valence-electron chi connectivity index (χ1n) is 7.83. The molecule has 0 atom stereocenters. The van der Waals surface area contributed by atoms with Crippen molar-refractivity contribution in [2.24, 2.45) is 0 Å². The monoisotopic (exact) mass is 321 g/mol. The highest BCUT2D eigenvalue weighted by molar-refractivity contribution is 5.97. The Morgan fingerprint density at radius 3 is 2.62 bits per heavy atom. The van der Waals surface area contributed by atoms with E-state index in [1.807, 2.05) is 30.3 Å². The van der Waals surface area contributed by atoms with E-state index < -0.39 is 0 Å². The molecule has 0 aliphatic heterocycles. The summed E-state index contributed by atoms with van der Waals surface area (Å²) in [6.45, 7) is 5.67. The number of carbonyl (C=O) groups excluding carboxylic acids is 1. The Balaban J connectivity index is 1.80. The van der Waals surface area contributed by atoms with Gasteiger partial charge in [0.15, 0.2) is 5.78 Å². The molecule has 0 fully saturated rings. The van der Waals surface area contributed by atoms with Crippen LogP contribution in [0.4, 0.5) is 5.82 Å². The summed E-state index contributed by atoms with van der Waals surface area (Å²) in [5.74, 6) is 1.96. The van der Waals surface area contributed by atoms with Crippen molar-refractivity contribution in [2.75, 3.05) is 5.32 Å². The number of nitrogens with zero attached hydrogens (tertiary/aromatic N) is 2. The van der Waals surface area contributed by atoms with Gasteiger partial charge in [-0.1, -0.05) is 0 Å². The minimum atomic E-state index is 0.0402. The van der Waals surface area contributed by atoms with Gasteiger partial charge in [0.1, 0.15) is 11.6 Å². The van der Waals surface area contributed by atoms with Crippen LogP contribution < -0.4 is 10.1 Å². The van der Waals surface area contributed by atoms with Crippen molar-refractivity contribution in [1.82, 2.24) is 9.97 Å². The van der Waals surface area contributed by atoms with E-state index in [1.54, 1.807) is 25.3 Å². The number of carbonyl (C=O) groups is 1. The second kappa shape index (κ2) is 6.66. The first-order valence-corrected chi connectivity index (χ1v) is 7.83. The number of pyridine rings is 2. The van der Waals surface area contributed by atoms with Crippen LogP contribution in [0.2, 0.25) is 0 Å². The van der Waals surface area contributed by atoms with Crippen LogP contribution in [0.15, 0.2) is 48.7 Å². The van der Waals surface area contributed by atoms with Crippen LogP contribution in [-0.2, 0) is 0 Å². The molecule has 0 amide bonds. The largest absolute Gasteiger partial charge is 0.437 e. The van der Waals surface area contributed by atoms with Gasteiger partial charge in [0.25, 0.3) is 0 Å². The van der Waals surface area contributed by atoms with Gasteiger partial charge in [-0.2, -0.15) is 0 Å². The zero-order valence-electron chi connectivity index (χ0n) is 13.9. The number of anilines is 1. The van der Waals surface area contributed by atoms with E-state index in [0.29, 0.717) is 23.2 Å². The second-order valence-electron chi connectivity index (χ2n) is 5.89. The van der Waals surface area contributed by atoms with Crippen LogP contribution in [0.25, 0.3) is 10.9 Å². The summed E-state index contributed by atoms with van der Waals surface area (Å²) in [6.07, 6.45) is 1.66. The summed E-state index contributed by atoms with van der Waals surface area (Å²) < 4.78 is 5.76. The summed E-state index contributed by atoms with van der Waals surface area (Å²) in [5.41, 5.74) is 1.46. The summed E-state index contributed by atoms with van der Waals surface area (Å²) in [4.78, 5) is 20.2. The fraction of sp³-hybridized carbons (Fsp3) is 0.211. The lowest BCUT2D eigenvalue weighted by Crippen LogP contribution is -2.10. The predicted octanol–water partition coefficient (Wildman–Crippen LogP) is 4.45. The zero-order chi connectivity index (χ0) is 17.1. The number of fused-ring (bicyclic) bond motifs is 1. The Hall–Kier alpha value is -2.95. The maximum Gasteiger partial charge on any atom is 0.219 e. The minimum Gasteiger partial charge on any atom is -0.437 e. The summed E-state index contributed by atoms with van der Waals surface area (Å²) in [5, 5.41) is 4.13. The number of benzene rings is 1. The number of nitrogens with one attached hydrogen (secondary N) is 1. The smallest absolute Gasteiger partial charge is 0.219 e. The molecule has 0 saturated heterocycles. The minimum absolute atomic E-state index is 0.0402. The van der Waals surface area contributed by atoms with Crippen LogP contribution in [-0.4, -0.2) is 21.8 Å². The molecule has 0 spiro atoms. The molecule has 0 aliphatic carbocycles. The molecule has 5 heteroatoms. The topological polar surface area (TPSA) is 64.1 Å². The van der Waals surface area contributed by atoms with E-state index in [-0.39, 0.29) is 5.78 Å². The van der Waals surface area contributed by atoms with Gasteiger partial charge in [0.2, 0.25) is 5.88 Å². The Bertz CT molecular complexity index is 873. The third-order valence-electron chi connectivity index (χ3n) is 3.47. The van der Waals surface area contributed by atoms with Crippen molar-refractivity contribution >= 4 is 22.5 Å². The molecule has 1 N–H and O–H groups in total. The molecule has 0 radical (unpaired) electrons. The number of aromatic nitrogens is 2. The van der Waals surface area contributed by atoms with Crippen molar-refractivity contribution in [2.45, 2.75) is 26.8 Å². The Labute approximate surface area is 140 Å². The van der Waals surface area contributed by atoms with Gasteiger partial charge in [-0.15, -0.1) is 0 Å². The molecule has 0 saturated carbocycles. The van der Waals surface area contributed by atoms with Crippen molar-refractivity contribution < 1.29 is 9.53 Å². The lowest BCUT2D eigenvalue weighted by Gasteiger charge is -2.10. The molecule has 0 aliphatic rings. The van der Waals surface area contributed by atoms with E-state index >= 15 is 0 Å². The maximum atomic E-state index is 11.4. The van der Waals surface area contributed by atoms with E-state index in [0.717, 1.165) is 16.7 Å². The van der Waals surface area contributed by atoms with Crippen molar-refractivity contribution in [3.8, 4) is 11.6 Å². The average Bonchev–Trinajstić information content (AvgIpc) is 2.55. The number of ether oxygens (including phenoxy) is 1. The lowest BCUT2D eigenvalue weighted by molar-refractivity contribution is 0.101. The van der Waals surface area contributed by atoms with E-state index in [1.165, 1.54) is 0 Å². The number of Topliss-reactive ketones (excluding diaryl/α,β-unsaturated/α-hetero) is 1. The SMILES string of the molecule is CC(=O)c1ccc2nc(Oc3ccc(NC(C)C)nc3)ccc2c1. The lowest BCUT2D eigenvalue weighted by atomic mass is 10.1. The van der Waals surface area contributed by atoms with Crippen LogP contribution in [0.3, 0.4) is 0 Å². The van der Waals surface area contributed by atoms with Gasteiger partial charge >= 0.3 is 0 Å². The number of hydrogen-bond acceptors (Lipinski definition) is 5. The van der Waals surface area contributed by atoms with Gasteiger partial charge in [-0.3, -0.25) is 4.79 Å². The molecule has 0 bridgehead atoms. The highest BCUT2D eigenvalue weighted by Crippen LogP contribution is 2.23. The molecule has 3 rings (SSSR count). The summed E-state index contributed by atoms with van der Waals surface area (Å²) in [6, 6.07) is 13.2. The van der Waals surface area contributed by atoms with Gasteiger partial charge in [-0.05, 0) is 57.2 Å². The first kappa shape index (κ1) is 15.9. The average molecular weight is 321 g/mol. The molecule has 1 aromatic carbocycles. The summed E-state index contributed by atoms with van der Waals surface area (Å²) >= 11 is 0.